The zero-order valence-corrected chi connectivity index (χ0v) is 12.9. The first kappa shape index (κ1) is 15.3. The third-order valence-corrected chi connectivity index (χ3v) is 3.24. The number of nitrogens with zero attached hydrogens (tertiary/aromatic N) is 1. The number of hydrogen-bond acceptors (Lipinski definition) is 6. The van der Waals surface area contributed by atoms with Crippen LogP contribution < -0.4 is 0 Å². The predicted molar refractivity (Wildman–Crippen MR) is 74.3 cm³/mol. The molecule has 2 heterocycles. The van der Waals surface area contributed by atoms with Gasteiger partial charge in [0.15, 0.2) is 0 Å². The zero-order valence-electron chi connectivity index (χ0n) is 12.9. The quantitative estimate of drug-likeness (QED) is 0.451. The second-order valence-corrected chi connectivity index (χ2v) is 5.04. The first-order valence-electron chi connectivity index (χ1n) is 6.77. The van der Waals surface area contributed by atoms with Gasteiger partial charge in [-0.3, -0.25) is 4.90 Å². The van der Waals surface area contributed by atoms with Gasteiger partial charge in [-0.05, 0) is 34.6 Å². The van der Waals surface area contributed by atoms with Crippen LogP contribution in [0.4, 0.5) is 0 Å². The molecule has 21 heavy (non-hydrogen) atoms. The Morgan fingerprint density at radius 2 is 1.86 bits per heavy atom. The van der Waals surface area contributed by atoms with Crippen molar-refractivity contribution in [3.63, 3.8) is 0 Å². The molecule has 0 spiro atoms. The Hall–Kier alpha value is -2.08. The van der Waals surface area contributed by atoms with Crippen molar-refractivity contribution < 1.29 is 23.8 Å². The van der Waals surface area contributed by atoms with Gasteiger partial charge in [0.2, 0.25) is 0 Å². The minimum atomic E-state index is -0.637. The molecule has 114 valence electrons. The topological polar surface area (TPSA) is 65.1 Å². The normalized spacial score (nSPS) is 24.0. The molecule has 2 rings (SSSR count). The van der Waals surface area contributed by atoms with Crippen molar-refractivity contribution in [1.82, 2.24) is 4.90 Å². The fourth-order valence-electron chi connectivity index (χ4n) is 2.32. The van der Waals surface area contributed by atoms with Gasteiger partial charge in [-0.25, -0.2) is 9.59 Å². The van der Waals surface area contributed by atoms with E-state index in [0.29, 0.717) is 23.6 Å². The highest BCUT2D eigenvalue weighted by Crippen LogP contribution is 2.32. The summed E-state index contributed by atoms with van der Waals surface area (Å²) in [6.07, 6.45) is 1.10. The molecule has 2 aliphatic rings. The van der Waals surface area contributed by atoms with Crippen LogP contribution in [0.15, 0.2) is 34.4 Å². The van der Waals surface area contributed by atoms with Gasteiger partial charge in [-0.15, -0.1) is 0 Å². The Morgan fingerprint density at radius 1 is 1.24 bits per heavy atom. The summed E-state index contributed by atoms with van der Waals surface area (Å²) < 4.78 is 15.7. The van der Waals surface area contributed by atoms with E-state index in [1.807, 2.05) is 6.92 Å². The van der Waals surface area contributed by atoms with Crippen LogP contribution in [0.5, 0.6) is 0 Å². The zero-order chi connectivity index (χ0) is 15.7. The molecule has 1 unspecified atom stereocenters. The monoisotopic (exact) mass is 293 g/mol. The van der Waals surface area contributed by atoms with E-state index in [9.17, 15) is 9.59 Å². The number of rotatable bonds is 3. The van der Waals surface area contributed by atoms with Crippen LogP contribution in [-0.2, 0) is 23.8 Å². The average Bonchev–Trinajstić information content (AvgIpc) is 2.89. The van der Waals surface area contributed by atoms with Gasteiger partial charge in [0.05, 0.1) is 11.1 Å². The van der Waals surface area contributed by atoms with Crippen LogP contribution in [0.3, 0.4) is 0 Å². The lowest BCUT2D eigenvalue weighted by Crippen LogP contribution is -2.30. The van der Waals surface area contributed by atoms with Gasteiger partial charge >= 0.3 is 11.9 Å². The fourth-order valence-corrected chi connectivity index (χ4v) is 2.32. The number of esters is 2. The standard InChI is InChI=1S/C15H19NO5/c1-6-19-15-16(7-9(4)20-15)10(5)12-11(8(2)3)13(17)21-14(12)18/h7,15H,6H2,1-5H3. The number of carbonyl (C=O) groups is 2. The molecule has 0 aromatic rings. The van der Waals surface area contributed by atoms with Crippen molar-refractivity contribution in [2.24, 2.45) is 0 Å². The van der Waals surface area contributed by atoms with E-state index in [-0.39, 0.29) is 5.57 Å². The number of hydrogen-bond donors (Lipinski definition) is 0. The highest BCUT2D eigenvalue weighted by molar-refractivity contribution is 6.18. The summed E-state index contributed by atoms with van der Waals surface area (Å²) in [6.45, 7) is 9.39. The molecule has 0 N–H and O–H groups in total. The molecule has 6 nitrogen and oxygen atoms in total. The fraction of sp³-hybridized carbons (Fsp3) is 0.467. The smallest absolute Gasteiger partial charge is 0.348 e. The first-order valence-corrected chi connectivity index (χ1v) is 6.77. The number of ether oxygens (including phenoxy) is 3. The maximum absolute atomic E-state index is 12.0. The molecule has 1 saturated heterocycles. The van der Waals surface area contributed by atoms with Crippen LogP contribution in [0, 0.1) is 0 Å². The minimum Gasteiger partial charge on any atom is -0.449 e. The molecule has 6 heteroatoms. The van der Waals surface area contributed by atoms with E-state index in [0.717, 1.165) is 5.57 Å². The number of carbonyl (C=O) groups excluding carboxylic acids is 2. The molecular formula is C15H19NO5. The van der Waals surface area contributed by atoms with Gasteiger partial charge in [0, 0.05) is 18.5 Å². The Labute approximate surface area is 123 Å². The van der Waals surface area contributed by atoms with E-state index in [2.05, 4.69) is 0 Å². The summed E-state index contributed by atoms with van der Waals surface area (Å²) >= 11 is 0. The van der Waals surface area contributed by atoms with Crippen LogP contribution in [-0.4, -0.2) is 29.9 Å². The van der Waals surface area contributed by atoms with Crippen molar-refractivity contribution in [3.05, 3.63) is 34.4 Å². The molecule has 0 radical (unpaired) electrons. The van der Waals surface area contributed by atoms with Gasteiger partial charge < -0.3 is 14.2 Å². The van der Waals surface area contributed by atoms with Crippen LogP contribution in [0.1, 0.15) is 34.6 Å². The van der Waals surface area contributed by atoms with E-state index in [4.69, 9.17) is 14.2 Å². The van der Waals surface area contributed by atoms with E-state index >= 15 is 0 Å². The van der Waals surface area contributed by atoms with Gasteiger partial charge in [0.1, 0.15) is 5.76 Å². The largest absolute Gasteiger partial charge is 0.449 e. The lowest BCUT2D eigenvalue weighted by Gasteiger charge is -2.25. The molecule has 1 atom stereocenters. The number of cyclic esters (lactones) is 2. The lowest BCUT2D eigenvalue weighted by molar-refractivity contribution is -0.156. The summed E-state index contributed by atoms with van der Waals surface area (Å²) in [5.41, 5.74) is 1.87. The summed E-state index contributed by atoms with van der Waals surface area (Å²) in [5, 5.41) is 0. The highest BCUT2D eigenvalue weighted by atomic mass is 16.7. The van der Waals surface area contributed by atoms with Gasteiger partial charge in [0.25, 0.3) is 6.41 Å². The van der Waals surface area contributed by atoms with Gasteiger partial charge in [-0.1, -0.05) is 5.57 Å². The van der Waals surface area contributed by atoms with Crippen molar-refractivity contribution in [3.8, 4) is 0 Å². The second-order valence-electron chi connectivity index (χ2n) is 5.04. The molecule has 0 aromatic carbocycles. The minimum absolute atomic E-state index is 0.263. The molecule has 1 fully saturated rings. The van der Waals surface area contributed by atoms with Crippen LogP contribution >= 0.6 is 0 Å². The van der Waals surface area contributed by atoms with Crippen LogP contribution in [0.2, 0.25) is 0 Å². The Bertz CT molecular complexity index is 581. The lowest BCUT2D eigenvalue weighted by atomic mass is 10.0. The molecule has 0 aromatic heterocycles. The summed E-state index contributed by atoms with van der Waals surface area (Å²) in [7, 11) is 0. The maximum atomic E-state index is 12.0. The maximum Gasteiger partial charge on any atom is 0.348 e. The van der Waals surface area contributed by atoms with Crippen LogP contribution in [0.25, 0.3) is 0 Å². The molecule has 0 saturated carbocycles. The van der Waals surface area contributed by atoms with E-state index in [1.165, 1.54) is 0 Å². The van der Waals surface area contributed by atoms with Crippen molar-refractivity contribution in [2.75, 3.05) is 6.61 Å². The summed E-state index contributed by atoms with van der Waals surface area (Å²) in [5.74, 6) is -0.574. The Kier molecular flexibility index (Phi) is 4.18. The molecular weight excluding hydrogens is 274 g/mol. The predicted octanol–water partition coefficient (Wildman–Crippen LogP) is 2.19. The Balaban J connectivity index is 2.49. The van der Waals surface area contributed by atoms with Crippen molar-refractivity contribution >= 4 is 11.9 Å². The molecule has 2 aliphatic heterocycles. The SMILES string of the molecule is CCOC1OC(C)=CN1C(C)=C1C(=O)OC(=O)C1=C(C)C. The molecule has 0 amide bonds. The molecule has 0 bridgehead atoms. The van der Waals surface area contributed by atoms with Gasteiger partial charge in [-0.2, -0.15) is 0 Å². The number of allylic oxidation sites excluding steroid dienone is 3. The third kappa shape index (κ3) is 2.71. The van der Waals surface area contributed by atoms with E-state index < -0.39 is 18.4 Å². The third-order valence-electron chi connectivity index (χ3n) is 3.24. The molecule has 0 aliphatic carbocycles. The van der Waals surface area contributed by atoms with Crippen molar-refractivity contribution in [1.29, 1.82) is 0 Å². The summed E-state index contributed by atoms with van der Waals surface area (Å²) in [4.78, 5) is 25.5. The Morgan fingerprint density at radius 3 is 2.43 bits per heavy atom. The second kappa shape index (κ2) is 5.73. The first-order chi connectivity index (χ1) is 9.86. The van der Waals surface area contributed by atoms with E-state index in [1.54, 1.807) is 38.8 Å². The van der Waals surface area contributed by atoms with Crippen molar-refractivity contribution in [2.45, 2.75) is 41.0 Å². The average molecular weight is 293 g/mol. The highest BCUT2D eigenvalue weighted by Gasteiger charge is 2.39. The summed E-state index contributed by atoms with van der Waals surface area (Å²) in [6, 6.07) is 0.